The Morgan fingerprint density at radius 1 is 0.556 bits per heavy atom. The number of hydrogen-bond acceptors (Lipinski definition) is 4. The average Bonchev–Trinajstić information content (AvgIpc) is 2.64. The van der Waals surface area contributed by atoms with Gasteiger partial charge in [-0.3, -0.25) is 0 Å². The van der Waals surface area contributed by atoms with Crippen LogP contribution in [0.3, 0.4) is 0 Å². The molecule has 0 saturated carbocycles. The Kier molecular flexibility index (Phi) is 7.04. The van der Waals surface area contributed by atoms with E-state index in [0.717, 1.165) is 0 Å². The minimum atomic E-state index is -6.51. The summed E-state index contributed by atoms with van der Waals surface area (Å²) in [6.07, 6.45) is -24.9. The fraction of sp³-hybridized carbons (Fsp3) is 0.400. The second kappa shape index (κ2) is 8.73. The summed E-state index contributed by atoms with van der Waals surface area (Å²) in [4.78, 5) is 23.9. The van der Waals surface area contributed by atoms with Gasteiger partial charge in [0.25, 0.3) is 0 Å². The van der Waals surface area contributed by atoms with Crippen molar-refractivity contribution in [3.8, 4) is 0 Å². The van der Waals surface area contributed by atoms with E-state index >= 15 is 0 Å². The van der Waals surface area contributed by atoms with E-state index in [1.54, 1.807) is 0 Å². The molecule has 2 aliphatic rings. The third-order valence-electron chi connectivity index (χ3n) is 5.54. The van der Waals surface area contributed by atoms with E-state index in [1.165, 1.54) is 0 Å². The summed E-state index contributed by atoms with van der Waals surface area (Å²) >= 11 is 0. The lowest BCUT2D eigenvalue weighted by atomic mass is 9.59. The van der Waals surface area contributed by atoms with Crippen molar-refractivity contribution < 1.29 is 72.5 Å². The van der Waals surface area contributed by atoms with Crippen molar-refractivity contribution in [2.24, 2.45) is 22.7 Å². The topological polar surface area (TPSA) is 80.3 Å². The lowest BCUT2D eigenvalue weighted by Gasteiger charge is -2.48. The molecule has 0 N–H and O–H groups in total. The van der Waals surface area contributed by atoms with Gasteiger partial charge in [0.05, 0.1) is 22.8 Å². The van der Waals surface area contributed by atoms with Crippen LogP contribution in [0.5, 0.6) is 0 Å². The van der Waals surface area contributed by atoms with Crippen LogP contribution >= 0.6 is 0 Å². The van der Waals surface area contributed by atoms with E-state index in [0.29, 0.717) is 24.3 Å². The van der Waals surface area contributed by atoms with Gasteiger partial charge in [-0.25, -0.2) is 0 Å². The molecular formula is C20H10F12O4-2. The fourth-order valence-corrected chi connectivity index (χ4v) is 4.30. The van der Waals surface area contributed by atoms with E-state index in [2.05, 4.69) is 0 Å². The Morgan fingerprint density at radius 2 is 0.806 bits per heavy atom. The van der Waals surface area contributed by atoms with Crippen molar-refractivity contribution in [3.63, 3.8) is 0 Å². The van der Waals surface area contributed by atoms with Gasteiger partial charge in [-0.2, -0.15) is 52.7 Å². The summed E-state index contributed by atoms with van der Waals surface area (Å²) in [5.41, 5.74) is -13.0. The smallest absolute Gasteiger partial charge is 0.402 e. The van der Waals surface area contributed by atoms with Crippen LogP contribution in [0.15, 0.2) is 59.8 Å². The summed E-state index contributed by atoms with van der Waals surface area (Å²) in [7, 11) is 0. The number of halogens is 12. The highest BCUT2D eigenvalue weighted by Crippen LogP contribution is 2.60. The SMILES string of the molecule is O=C([O-])C1(C(C(F)(F)F)C(F)(F)F)C=CC=CC1=C1C=CC=CC1(C(=O)[O-])C(C(F)(F)F)C(F)(F)F. The Balaban J connectivity index is 3.21. The molecular weight excluding hydrogens is 532 g/mol. The number of carboxylic acids is 2. The second-order valence-corrected chi connectivity index (χ2v) is 7.61. The molecule has 0 bridgehead atoms. The zero-order chi connectivity index (χ0) is 28.1. The minimum absolute atomic E-state index is 0.0423. The molecule has 2 rings (SSSR count). The molecule has 2 atom stereocenters. The van der Waals surface area contributed by atoms with Gasteiger partial charge in [0, 0.05) is 0 Å². The second-order valence-electron chi connectivity index (χ2n) is 7.61. The molecule has 0 heterocycles. The van der Waals surface area contributed by atoms with E-state index in [-0.39, 0.29) is 24.3 Å². The van der Waals surface area contributed by atoms with Crippen LogP contribution in [0.4, 0.5) is 52.7 Å². The summed E-state index contributed by atoms with van der Waals surface area (Å²) < 4.78 is 163. The normalized spacial score (nSPS) is 27.3. The van der Waals surface area contributed by atoms with Gasteiger partial charge in [-0.15, -0.1) is 0 Å². The molecule has 2 unspecified atom stereocenters. The van der Waals surface area contributed by atoms with Crippen molar-refractivity contribution >= 4 is 11.9 Å². The van der Waals surface area contributed by atoms with Crippen LogP contribution in [0.2, 0.25) is 0 Å². The van der Waals surface area contributed by atoms with E-state index in [4.69, 9.17) is 0 Å². The monoisotopic (exact) mass is 542 g/mol. The molecule has 0 spiro atoms. The molecule has 2 aliphatic carbocycles. The Hall–Kier alpha value is -3.20. The van der Waals surface area contributed by atoms with Gasteiger partial charge in [0.2, 0.25) is 0 Å². The highest BCUT2D eigenvalue weighted by atomic mass is 19.4. The predicted molar refractivity (Wildman–Crippen MR) is 89.7 cm³/mol. The number of aliphatic carboxylic acids is 2. The van der Waals surface area contributed by atoms with Crippen molar-refractivity contribution in [2.75, 3.05) is 0 Å². The molecule has 0 aromatic carbocycles. The first-order chi connectivity index (χ1) is 16.1. The molecule has 36 heavy (non-hydrogen) atoms. The van der Waals surface area contributed by atoms with Gasteiger partial charge in [-0.1, -0.05) is 48.6 Å². The van der Waals surface area contributed by atoms with Gasteiger partial charge >= 0.3 is 24.7 Å². The maximum atomic E-state index is 13.6. The summed E-state index contributed by atoms with van der Waals surface area (Å²) in [6, 6.07) is 0. The lowest BCUT2D eigenvalue weighted by Crippen LogP contribution is -2.60. The number of alkyl halides is 12. The number of carboxylic acid groups (broad SMARTS) is 2. The first-order valence-electron chi connectivity index (χ1n) is 9.22. The largest absolute Gasteiger partial charge is 0.549 e. The quantitative estimate of drug-likeness (QED) is 0.510. The lowest BCUT2D eigenvalue weighted by molar-refractivity contribution is -0.348. The molecule has 0 radical (unpaired) electrons. The molecule has 0 fully saturated rings. The standard InChI is InChI=1S/C20H12F12O4/c21-17(22,23)11(18(24,25)26)15(13(33)34)7-3-1-5-9(15)10-6-2-4-8-16(10,14(35)36)12(19(27,28)29)20(30,31)32/h1-8,11-12H,(H,33,34)(H,35,36)/p-2. The summed E-state index contributed by atoms with van der Waals surface area (Å²) in [6.45, 7) is 0. The fourth-order valence-electron chi connectivity index (χ4n) is 4.30. The summed E-state index contributed by atoms with van der Waals surface area (Å²) in [5, 5.41) is 23.9. The van der Waals surface area contributed by atoms with Crippen LogP contribution in [0.1, 0.15) is 0 Å². The number of allylic oxidation sites excluding steroid dienone is 6. The van der Waals surface area contributed by atoms with Crippen LogP contribution in [0.25, 0.3) is 0 Å². The first-order valence-corrected chi connectivity index (χ1v) is 9.22. The predicted octanol–water partition coefficient (Wildman–Crippen LogP) is 3.49. The maximum Gasteiger partial charge on any atom is 0.402 e. The van der Waals surface area contributed by atoms with Gasteiger partial charge in [0.15, 0.2) is 11.8 Å². The highest BCUT2D eigenvalue weighted by Gasteiger charge is 2.71. The molecule has 200 valence electrons. The number of hydrogen-bond donors (Lipinski definition) is 0. The number of carbonyl (C=O) groups excluding carboxylic acids is 2. The van der Waals surface area contributed by atoms with Gasteiger partial charge in [-0.05, 0) is 11.1 Å². The van der Waals surface area contributed by atoms with Crippen LogP contribution < -0.4 is 10.2 Å². The number of rotatable bonds is 4. The van der Waals surface area contributed by atoms with E-state index < -0.39 is 70.5 Å². The van der Waals surface area contributed by atoms with Crippen LogP contribution in [0, 0.1) is 22.7 Å². The minimum Gasteiger partial charge on any atom is -0.549 e. The van der Waals surface area contributed by atoms with Gasteiger partial charge in [0.1, 0.15) is 0 Å². The molecule has 0 aromatic rings. The van der Waals surface area contributed by atoms with Crippen LogP contribution in [-0.2, 0) is 9.59 Å². The molecule has 0 aromatic heterocycles. The zero-order valence-corrected chi connectivity index (χ0v) is 16.9. The number of carbonyl (C=O) groups is 2. The average molecular weight is 542 g/mol. The third kappa shape index (κ3) is 4.64. The van der Waals surface area contributed by atoms with Crippen molar-refractivity contribution in [1.82, 2.24) is 0 Å². The third-order valence-corrected chi connectivity index (χ3v) is 5.54. The summed E-state index contributed by atoms with van der Waals surface area (Å²) in [5.74, 6) is -16.4. The first kappa shape index (κ1) is 29.0. The Bertz CT molecular complexity index is 956. The molecule has 4 nitrogen and oxygen atoms in total. The van der Waals surface area contributed by atoms with Crippen molar-refractivity contribution in [1.29, 1.82) is 0 Å². The van der Waals surface area contributed by atoms with Crippen molar-refractivity contribution in [3.05, 3.63) is 59.8 Å². The van der Waals surface area contributed by atoms with E-state index in [1.807, 2.05) is 0 Å². The highest BCUT2D eigenvalue weighted by molar-refractivity contribution is 5.88. The van der Waals surface area contributed by atoms with Gasteiger partial charge < -0.3 is 19.8 Å². The Labute approximate surface area is 192 Å². The molecule has 0 aliphatic heterocycles. The Morgan fingerprint density at radius 3 is 1.00 bits per heavy atom. The molecule has 16 heteroatoms. The van der Waals surface area contributed by atoms with E-state index in [9.17, 15) is 72.5 Å². The zero-order valence-electron chi connectivity index (χ0n) is 16.9. The molecule has 0 amide bonds. The van der Waals surface area contributed by atoms with Crippen LogP contribution in [-0.4, -0.2) is 36.6 Å². The van der Waals surface area contributed by atoms with Crippen molar-refractivity contribution in [2.45, 2.75) is 24.7 Å². The maximum absolute atomic E-state index is 13.6. The molecule has 0 saturated heterocycles.